The van der Waals surface area contributed by atoms with Gasteiger partial charge in [0.15, 0.2) is 0 Å². The van der Waals surface area contributed by atoms with Crippen LogP contribution in [0.3, 0.4) is 0 Å². The highest BCUT2D eigenvalue weighted by atomic mass is 33.1. The van der Waals surface area contributed by atoms with E-state index in [9.17, 15) is 19.4 Å². The van der Waals surface area contributed by atoms with Crippen molar-refractivity contribution in [3.05, 3.63) is 34.4 Å². The van der Waals surface area contributed by atoms with E-state index in [4.69, 9.17) is 13.6 Å². The van der Waals surface area contributed by atoms with Gasteiger partial charge in [-0.2, -0.15) is 0 Å². The Morgan fingerprint density at radius 2 is 2.10 bits per heavy atom. The van der Waals surface area contributed by atoms with Crippen molar-refractivity contribution in [2.24, 2.45) is 0 Å². The van der Waals surface area contributed by atoms with E-state index in [1.807, 2.05) is 0 Å². The number of nitro benzene ring substituents is 1. The number of benzene rings is 1. The maximum Gasteiger partial charge on any atom is 0.304 e. The van der Waals surface area contributed by atoms with Crippen LogP contribution in [0.25, 0.3) is 0 Å². The number of alkyl halides is 1. The molecule has 0 aromatic heterocycles. The average Bonchev–Trinajstić information content (AvgIpc) is 2.43. The minimum atomic E-state index is -1.94. The summed E-state index contributed by atoms with van der Waals surface area (Å²) in [6.07, 6.45) is 0. The highest BCUT2D eigenvalue weighted by Crippen LogP contribution is 2.67. The normalized spacial score (nSPS) is 13.8. The van der Waals surface area contributed by atoms with E-state index in [1.165, 1.54) is 31.4 Å². The van der Waals surface area contributed by atoms with Crippen molar-refractivity contribution in [1.29, 1.82) is 0 Å². The smallest absolute Gasteiger partial charge is 0.304 e. The molecule has 0 radical (unpaired) electrons. The van der Waals surface area contributed by atoms with Crippen molar-refractivity contribution in [2.75, 3.05) is 20.4 Å². The minimum absolute atomic E-state index is 0.0716. The zero-order valence-corrected chi connectivity index (χ0v) is 12.9. The van der Waals surface area contributed by atoms with Gasteiger partial charge in [0, 0.05) is 30.2 Å². The Kier molecular flexibility index (Phi) is 8.21. The topological polar surface area (TPSA) is 91.1 Å². The second-order valence-corrected chi connectivity index (χ2v) is 8.77. The molecule has 2 unspecified atom stereocenters. The molecule has 1 aromatic rings. The van der Waals surface area contributed by atoms with Crippen LogP contribution in [0.2, 0.25) is 0 Å². The van der Waals surface area contributed by atoms with Gasteiger partial charge < -0.3 is 18.5 Å². The maximum absolute atomic E-state index is 12.0. The fourth-order valence-electron chi connectivity index (χ4n) is 1.01. The summed E-state index contributed by atoms with van der Waals surface area (Å²) >= 11 is 0.908. The first-order valence-electron chi connectivity index (χ1n) is 5.19. The molecule has 1 aromatic carbocycles. The van der Waals surface area contributed by atoms with Gasteiger partial charge in [0.25, 0.3) is 5.69 Å². The predicted molar refractivity (Wildman–Crippen MR) is 76.3 cm³/mol. The number of nitro groups is 1. The molecule has 7 nitrogen and oxygen atoms in total. The summed E-state index contributed by atoms with van der Waals surface area (Å²) in [6, 6.07) is 5.29. The van der Waals surface area contributed by atoms with Gasteiger partial charge in [0.05, 0.1) is 11.5 Å². The van der Waals surface area contributed by atoms with E-state index in [0.29, 0.717) is 0 Å². The summed E-state index contributed by atoms with van der Waals surface area (Å²) in [5, 5.41) is 10.5. The summed E-state index contributed by atoms with van der Waals surface area (Å²) < 4.78 is 27.1. The Balaban J connectivity index is 2.48. The van der Waals surface area contributed by atoms with Gasteiger partial charge in [0.2, 0.25) is 7.58 Å². The van der Waals surface area contributed by atoms with Crippen LogP contribution < -0.4 is 4.52 Å². The zero-order valence-electron chi connectivity index (χ0n) is 10.3. The summed E-state index contributed by atoms with van der Waals surface area (Å²) in [5.74, 6) is 0.285. The molecule has 0 aliphatic rings. The van der Waals surface area contributed by atoms with Crippen molar-refractivity contribution in [2.45, 2.75) is 0 Å². The van der Waals surface area contributed by atoms with Crippen LogP contribution in [0.4, 0.5) is 10.1 Å². The van der Waals surface area contributed by atoms with E-state index >= 15 is 0 Å². The molecule has 112 valence electrons. The van der Waals surface area contributed by atoms with Gasteiger partial charge in [-0.05, 0) is 12.1 Å². The third kappa shape index (κ3) is 6.26. The second-order valence-electron chi connectivity index (χ2n) is 3.09. The first-order chi connectivity index (χ1) is 9.56. The Labute approximate surface area is 120 Å². The number of non-ortho nitro benzene ring substituents is 1. The highest BCUT2D eigenvalue weighted by Gasteiger charge is 2.20. The van der Waals surface area contributed by atoms with Crippen LogP contribution in [0, 0.1) is 10.1 Å². The van der Waals surface area contributed by atoms with Crippen LogP contribution in [-0.2, 0) is 9.05 Å². The molecule has 0 amide bonds. The summed E-state index contributed by atoms with van der Waals surface area (Å²) in [6.45, 7) is -0.761. The SMILES string of the molecule is COP(OCCF)SP(O)Oc1ccc([N+](=O)[O-])cc1. The lowest BCUT2D eigenvalue weighted by Crippen LogP contribution is -1.91. The fraction of sp³-hybridized carbons (Fsp3) is 0.333. The molecule has 0 aliphatic carbocycles. The molecule has 0 heterocycles. The summed E-state index contributed by atoms with van der Waals surface area (Å²) in [5.41, 5.74) is -0.0716. The molecule has 1 rings (SSSR count). The lowest BCUT2D eigenvalue weighted by atomic mass is 10.3. The number of nitrogens with zero attached hydrogens (tertiary/aromatic N) is 1. The van der Waals surface area contributed by atoms with Gasteiger partial charge >= 0.3 is 7.58 Å². The van der Waals surface area contributed by atoms with Crippen LogP contribution in [0.5, 0.6) is 5.75 Å². The van der Waals surface area contributed by atoms with E-state index in [-0.39, 0.29) is 18.0 Å². The Bertz CT molecular complexity index is 425. The molecule has 0 bridgehead atoms. The largest absolute Gasteiger partial charge is 0.439 e. The van der Waals surface area contributed by atoms with Gasteiger partial charge in [-0.1, -0.05) is 0 Å². The molecule has 1 N–H and O–H groups in total. The van der Waals surface area contributed by atoms with Gasteiger partial charge in [-0.25, -0.2) is 4.39 Å². The third-order valence-electron chi connectivity index (χ3n) is 1.79. The van der Waals surface area contributed by atoms with Crippen molar-refractivity contribution >= 4 is 31.8 Å². The van der Waals surface area contributed by atoms with E-state index in [0.717, 1.165) is 11.0 Å². The molecule has 11 heteroatoms. The highest BCUT2D eigenvalue weighted by molar-refractivity contribution is 8.82. The summed E-state index contributed by atoms with van der Waals surface area (Å²) in [4.78, 5) is 19.7. The van der Waals surface area contributed by atoms with Crippen molar-refractivity contribution < 1.29 is 27.8 Å². The van der Waals surface area contributed by atoms with Crippen molar-refractivity contribution in [3.8, 4) is 5.75 Å². The quantitative estimate of drug-likeness (QED) is 0.414. The monoisotopic (exact) mass is 343 g/mol. The van der Waals surface area contributed by atoms with Crippen molar-refractivity contribution in [3.63, 3.8) is 0 Å². The second kappa shape index (κ2) is 9.39. The van der Waals surface area contributed by atoms with E-state index in [1.54, 1.807) is 0 Å². The molecule has 2 atom stereocenters. The minimum Gasteiger partial charge on any atom is -0.439 e. The molecule has 20 heavy (non-hydrogen) atoms. The molecule has 0 saturated carbocycles. The molecule has 0 saturated heterocycles. The third-order valence-corrected chi connectivity index (χ3v) is 7.39. The maximum atomic E-state index is 12.0. The molecular formula is C9H12FNO6P2S. The Morgan fingerprint density at radius 3 is 2.60 bits per heavy atom. The Hall–Kier alpha value is -0.560. The molecule has 0 fully saturated rings. The number of hydrogen-bond donors (Lipinski definition) is 1. The van der Waals surface area contributed by atoms with Crippen molar-refractivity contribution in [1.82, 2.24) is 0 Å². The van der Waals surface area contributed by atoms with Crippen LogP contribution in [-0.4, -0.2) is 30.2 Å². The lowest BCUT2D eigenvalue weighted by molar-refractivity contribution is -0.384. The molecular weight excluding hydrogens is 331 g/mol. The molecule has 0 aliphatic heterocycles. The zero-order chi connectivity index (χ0) is 15.0. The average molecular weight is 343 g/mol. The van der Waals surface area contributed by atoms with Crippen LogP contribution >= 0.6 is 26.2 Å². The summed E-state index contributed by atoms with van der Waals surface area (Å²) in [7, 11) is -2.05. The number of hydrogen-bond acceptors (Lipinski definition) is 7. The van der Waals surface area contributed by atoms with Gasteiger partial charge in [-0.15, -0.1) is 0 Å². The number of rotatable bonds is 9. The number of halogens is 1. The van der Waals surface area contributed by atoms with E-state index in [2.05, 4.69) is 0 Å². The van der Waals surface area contributed by atoms with E-state index < -0.39 is 26.8 Å². The van der Waals surface area contributed by atoms with Gasteiger partial charge in [0.1, 0.15) is 12.4 Å². The standard InChI is InChI=1S/C9H12FNO6P2S/c1-15-19(16-7-6-10)20-18(14)17-9-4-2-8(3-5-9)11(12)13/h2-5,14H,6-7H2,1H3. The van der Waals surface area contributed by atoms with Crippen LogP contribution in [0.1, 0.15) is 0 Å². The Morgan fingerprint density at radius 1 is 1.45 bits per heavy atom. The lowest BCUT2D eigenvalue weighted by Gasteiger charge is -2.16. The van der Waals surface area contributed by atoms with Crippen LogP contribution in [0.15, 0.2) is 24.3 Å². The fourth-order valence-corrected chi connectivity index (χ4v) is 5.51. The molecule has 0 spiro atoms. The predicted octanol–water partition coefficient (Wildman–Crippen LogP) is 3.79. The first kappa shape index (κ1) is 17.5. The first-order valence-corrected chi connectivity index (χ1v) is 9.61. The van der Waals surface area contributed by atoms with Gasteiger partial charge in [-0.3, -0.25) is 10.1 Å².